The van der Waals surface area contributed by atoms with Crippen LogP contribution in [0.3, 0.4) is 0 Å². The fraction of sp³-hybridized carbons (Fsp3) is 0.167. The standard InChI is InChI=1S/C18H14FNO5/c19-12-5-7-13(8-6-12)24-9-10-25-16(21)11-20-15-4-2-1-3-14(15)17(22)18(20)23/h1-8H,9-11H2. The third-order valence-corrected chi connectivity index (χ3v) is 3.59. The summed E-state index contributed by atoms with van der Waals surface area (Å²) in [4.78, 5) is 36.8. The first-order valence-corrected chi connectivity index (χ1v) is 7.55. The number of benzene rings is 2. The van der Waals surface area contributed by atoms with Gasteiger partial charge in [0.05, 0.1) is 11.3 Å². The SMILES string of the molecule is O=C(CN1C(=O)C(=O)c2ccccc21)OCCOc1ccc(F)cc1. The Hall–Kier alpha value is -3.22. The first-order chi connectivity index (χ1) is 12.1. The quantitative estimate of drug-likeness (QED) is 0.456. The van der Waals surface area contributed by atoms with Gasteiger partial charge in [-0.1, -0.05) is 12.1 Å². The molecule has 0 spiro atoms. The Labute approximate surface area is 142 Å². The molecule has 0 saturated carbocycles. The van der Waals surface area contributed by atoms with E-state index in [0.717, 1.165) is 4.90 Å². The maximum absolute atomic E-state index is 12.8. The van der Waals surface area contributed by atoms with Crippen LogP contribution in [0.5, 0.6) is 5.75 Å². The molecule has 6 nitrogen and oxygen atoms in total. The summed E-state index contributed by atoms with van der Waals surface area (Å²) in [6.45, 7) is -0.299. The van der Waals surface area contributed by atoms with Crippen molar-refractivity contribution in [3.05, 3.63) is 59.9 Å². The van der Waals surface area contributed by atoms with Crippen LogP contribution in [0.1, 0.15) is 10.4 Å². The number of ether oxygens (including phenoxy) is 2. The van der Waals surface area contributed by atoms with Crippen LogP contribution in [-0.2, 0) is 14.3 Å². The second-order valence-corrected chi connectivity index (χ2v) is 5.26. The lowest BCUT2D eigenvalue weighted by molar-refractivity contribution is -0.143. The number of fused-ring (bicyclic) bond motifs is 1. The van der Waals surface area contributed by atoms with Gasteiger partial charge in [-0.25, -0.2) is 4.39 Å². The van der Waals surface area contributed by atoms with Crippen molar-refractivity contribution >= 4 is 23.3 Å². The number of hydrogen-bond donors (Lipinski definition) is 0. The summed E-state index contributed by atoms with van der Waals surface area (Å²) < 4.78 is 23.1. The molecule has 128 valence electrons. The first kappa shape index (κ1) is 16.6. The smallest absolute Gasteiger partial charge is 0.326 e. The molecule has 0 N–H and O–H groups in total. The van der Waals surface area contributed by atoms with E-state index in [4.69, 9.17) is 9.47 Å². The molecule has 0 fully saturated rings. The highest BCUT2D eigenvalue weighted by molar-refractivity contribution is 6.52. The van der Waals surface area contributed by atoms with E-state index in [0.29, 0.717) is 11.4 Å². The third kappa shape index (κ3) is 3.65. The number of carbonyl (C=O) groups excluding carboxylic acids is 3. The van der Waals surface area contributed by atoms with Gasteiger partial charge in [0, 0.05) is 0 Å². The average molecular weight is 343 g/mol. The molecule has 3 rings (SSSR count). The van der Waals surface area contributed by atoms with Crippen LogP contribution in [0, 0.1) is 5.82 Å². The van der Waals surface area contributed by atoms with E-state index in [1.807, 2.05) is 0 Å². The number of Topliss-reactive ketones (excluding diaryl/α,β-unsaturated/α-hetero) is 1. The highest BCUT2D eigenvalue weighted by atomic mass is 19.1. The van der Waals surface area contributed by atoms with Crippen molar-refractivity contribution in [1.29, 1.82) is 0 Å². The van der Waals surface area contributed by atoms with Crippen molar-refractivity contribution in [2.75, 3.05) is 24.7 Å². The lowest BCUT2D eigenvalue weighted by Crippen LogP contribution is -2.35. The molecule has 1 aliphatic heterocycles. The van der Waals surface area contributed by atoms with Crippen molar-refractivity contribution in [2.45, 2.75) is 0 Å². The molecule has 1 amide bonds. The van der Waals surface area contributed by atoms with E-state index < -0.39 is 17.7 Å². The summed E-state index contributed by atoms with van der Waals surface area (Å²) in [5.41, 5.74) is 0.678. The van der Waals surface area contributed by atoms with E-state index in [1.54, 1.807) is 18.2 Å². The minimum Gasteiger partial charge on any atom is -0.490 e. The van der Waals surface area contributed by atoms with Crippen molar-refractivity contribution < 1.29 is 28.2 Å². The lowest BCUT2D eigenvalue weighted by atomic mass is 10.1. The van der Waals surface area contributed by atoms with Gasteiger partial charge < -0.3 is 9.47 Å². The van der Waals surface area contributed by atoms with Crippen LogP contribution in [0.4, 0.5) is 10.1 Å². The van der Waals surface area contributed by atoms with Gasteiger partial charge in [0.25, 0.3) is 11.7 Å². The molecular formula is C18H14FNO5. The van der Waals surface area contributed by atoms with Gasteiger partial charge in [-0.05, 0) is 36.4 Å². The summed E-state index contributed by atoms with van der Waals surface area (Å²) >= 11 is 0. The molecular weight excluding hydrogens is 329 g/mol. The van der Waals surface area contributed by atoms with Crippen molar-refractivity contribution in [3.8, 4) is 5.75 Å². The van der Waals surface area contributed by atoms with Crippen LogP contribution in [0.15, 0.2) is 48.5 Å². The summed E-state index contributed by atoms with van der Waals surface area (Å²) in [6.07, 6.45) is 0. The number of ketones is 1. The van der Waals surface area contributed by atoms with Crippen LogP contribution in [0.25, 0.3) is 0 Å². The van der Waals surface area contributed by atoms with E-state index >= 15 is 0 Å². The minimum atomic E-state index is -0.749. The molecule has 2 aromatic carbocycles. The van der Waals surface area contributed by atoms with Crippen molar-refractivity contribution in [2.24, 2.45) is 0 Å². The number of carbonyl (C=O) groups is 3. The molecule has 7 heteroatoms. The topological polar surface area (TPSA) is 72.9 Å². The molecule has 0 aromatic heterocycles. The van der Waals surface area contributed by atoms with Crippen LogP contribution in [-0.4, -0.2) is 37.4 Å². The van der Waals surface area contributed by atoms with Gasteiger partial charge >= 0.3 is 5.97 Å². The molecule has 0 saturated heterocycles. The van der Waals surface area contributed by atoms with Crippen molar-refractivity contribution in [3.63, 3.8) is 0 Å². The zero-order valence-electron chi connectivity index (χ0n) is 13.1. The predicted molar refractivity (Wildman–Crippen MR) is 86.0 cm³/mol. The summed E-state index contributed by atoms with van der Waals surface area (Å²) in [5, 5.41) is 0. The second kappa shape index (κ2) is 7.12. The number of halogens is 1. The minimum absolute atomic E-state index is 0.0339. The molecule has 0 unspecified atom stereocenters. The molecule has 25 heavy (non-hydrogen) atoms. The van der Waals surface area contributed by atoms with Gasteiger partial charge in [0.1, 0.15) is 31.3 Å². The van der Waals surface area contributed by atoms with Crippen LogP contribution in [0.2, 0.25) is 0 Å². The number of amides is 1. The van der Waals surface area contributed by atoms with E-state index in [2.05, 4.69) is 0 Å². The third-order valence-electron chi connectivity index (χ3n) is 3.59. The Kier molecular flexibility index (Phi) is 4.74. The summed E-state index contributed by atoms with van der Waals surface area (Å²) in [6, 6.07) is 11.9. The predicted octanol–water partition coefficient (Wildman–Crippen LogP) is 1.98. The molecule has 1 heterocycles. The molecule has 0 bridgehead atoms. The zero-order chi connectivity index (χ0) is 17.8. The molecule has 1 aliphatic rings. The number of para-hydroxylation sites is 1. The Morgan fingerprint density at radius 1 is 1.00 bits per heavy atom. The number of rotatable bonds is 6. The van der Waals surface area contributed by atoms with Crippen molar-refractivity contribution in [1.82, 2.24) is 0 Å². The lowest BCUT2D eigenvalue weighted by Gasteiger charge is -2.15. The van der Waals surface area contributed by atoms with E-state index in [9.17, 15) is 18.8 Å². The van der Waals surface area contributed by atoms with Gasteiger partial charge in [0.15, 0.2) is 0 Å². The summed E-state index contributed by atoms with van der Waals surface area (Å²) in [5.74, 6) is -1.96. The number of anilines is 1. The van der Waals surface area contributed by atoms with Crippen LogP contribution >= 0.6 is 0 Å². The Balaban J connectivity index is 1.49. The Morgan fingerprint density at radius 2 is 1.72 bits per heavy atom. The van der Waals surface area contributed by atoms with Gasteiger partial charge in [0.2, 0.25) is 0 Å². The first-order valence-electron chi connectivity index (χ1n) is 7.55. The van der Waals surface area contributed by atoms with Gasteiger partial charge in [-0.3, -0.25) is 19.3 Å². The molecule has 0 radical (unpaired) electrons. The number of hydrogen-bond acceptors (Lipinski definition) is 5. The molecule has 0 atom stereocenters. The monoisotopic (exact) mass is 343 g/mol. The Morgan fingerprint density at radius 3 is 2.48 bits per heavy atom. The van der Waals surface area contributed by atoms with Crippen LogP contribution < -0.4 is 9.64 Å². The van der Waals surface area contributed by atoms with Gasteiger partial charge in [-0.15, -0.1) is 0 Å². The fourth-order valence-electron chi connectivity index (χ4n) is 2.43. The Bertz CT molecular complexity index is 818. The van der Waals surface area contributed by atoms with E-state index in [-0.39, 0.29) is 31.1 Å². The highest BCUT2D eigenvalue weighted by Gasteiger charge is 2.36. The fourth-order valence-corrected chi connectivity index (χ4v) is 2.43. The zero-order valence-corrected chi connectivity index (χ0v) is 13.1. The second-order valence-electron chi connectivity index (χ2n) is 5.26. The van der Waals surface area contributed by atoms with E-state index in [1.165, 1.54) is 30.3 Å². The largest absolute Gasteiger partial charge is 0.490 e. The molecule has 0 aliphatic carbocycles. The van der Waals surface area contributed by atoms with Gasteiger partial charge in [-0.2, -0.15) is 0 Å². The number of esters is 1. The maximum atomic E-state index is 12.8. The molecule has 2 aromatic rings. The highest BCUT2D eigenvalue weighted by Crippen LogP contribution is 2.28. The number of nitrogens with zero attached hydrogens (tertiary/aromatic N) is 1. The normalized spacial score (nSPS) is 12.9. The average Bonchev–Trinajstić information content (AvgIpc) is 2.86. The maximum Gasteiger partial charge on any atom is 0.326 e. The summed E-state index contributed by atoms with van der Waals surface area (Å²) in [7, 11) is 0.